The minimum absolute atomic E-state index is 0.125. The summed E-state index contributed by atoms with van der Waals surface area (Å²) in [6.07, 6.45) is 0. The van der Waals surface area contributed by atoms with Crippen LogP contribution in [0, 0.1) is 0 Å². The van der Waals surface area contributed by atoms with E-state index in [2.05, 4.69) is 0 Å². The van der Waals surface area contributed by atoms with Gasteiger partial charge in [0.15, 0.2) is 5.78 Å². The number of fused-ring (bicyclic) bond motifs is 4. The summed E-state index contributed by atoms with van der Waals surface area (Å²) >= 11 is 1.49. The van der Waals surface area contributed by atoms with E-state index in [4.69, 9.17) is 4.84 Å². The Kier molecular flexibility index (Phi) is 3.11. The lowest BCUT2D eigenvalue weighted by atomic mass is 9.93. The highest BCUT2D eigenvalue weighted by Gasteiger charge is 2.40. The van der Waals surface area contributed by atoms with Crippen LogP contribution in [0.25, 0.3) is 0 Å². The topological polar surface area (TPSA) is 63.7 Å². The van der Waals surface area contributed by atoms with Crippen molar-refractivity contribution in [3.05, 3.63) is 64.2 Å². The van der Waals surface area contributed by atoms with Gasteiger partial charge in [-0.25, -0.2) is 0 Å². The number of ketones is 1. The Morgan fingerprint density at radius 3 is 2.48 bits per heavy atom. The van der Waals surface area contributed by atoms with Gasteiger partial charge in [0.05, 0.1) is 18.2 Å². The molecule has 0 spiro atoms. The van der Waals surface area contributed by atoms with Crippen molar-refractivity contribution < 1.29 is 19.2 Å². The molecule has 2 aromatic rings. The van der Waals surface area contributed by atoms with Crippen molar-refractivity contribution in [2.24, 2.45) is 0 Å². The monoisotopic (exact) mass is 325 g/mol. The van der Waals surface area contributed by atoms with Crippen molar-refractivity contribution >= 4 is 29.4 Å². The van der Waals surface area contributed by atoms with Gasteiger partial charge in [-0.1, -0.05) is 12.1 Å². The Hall–Kier alpha value is -2.44. The zero-order valence-corrected chi connectivity index (χ0v) is 13.0. The smallest absolute Gasteiger partial charge is 0.286 e. The second-order valence-electron chi connectivity index (χ2n) is 5.22. The van der Waals surface area contributed by atoms with Gasteiger partial charge in [0, 0.05) is 21.8 Å². The Morgan fingerprint density at radius 1 is 0.957 bits per heavy atom. The zero-order valence-electron chi connectivity index (χ0n) is 12.2. The predicted octanol–water partition coefficient (Wildman–Crippen LogP) is 2.68. The Labute approximate surface area is 136 Å². The van der Waals surface area contributed by atoms with Crippen molar-refractivity contribution in [3.8, 4) is 0 Å². The molecule has 0 atom stereocenters. The highest BCUT2D eigenvalue weighted by Crippen LogP contribution is 2.38. The average molecular weight is 325 g/mol. The number of thioether (sulfide) groups is 1. The van der Waals surface area contributed by atoms with Gasteiger partial charge in [-0.15, -0.1) is 16.8 Å². The summed E-state index contributed by atoms with van der Waals surface area (Å²) in [5, 5.41) is 0.734. The molecule has 0 saturated heterocycles. The van der Waals surface area contributed by atoms with Gasteiger partial charge in [-0.3, -0.25) is 19.2 Å². The molecule has 0 saturated carbocycles. The quantitative estimate of drug-likeness (QED) is 0.754. The molecule has 0 bridgehead atoms. The first-order valence-corrected chi connectivity index (χ1v) is 7.97. The lowest BCUT2D eigenvalue weighted by Crippen LogP contribution is -2.28. The number of carbonyl (C=O) groups excluding carboxylic acids is 3. The molecule has 0 radical (unpaired) electrons. The Balaban J connectivity index is 1.94. The molecule has 23 heavy (non-hydrogen) atoms. The summed E-state index contributed by atoms with van der Waals surface area (Å²) in [5.74, 6) is -0.671. The number of hydroxylamine groups is 2. The molecule has 2 aliphatic rings. The van der Waals surface area contributed by atoms with Crippen LogP contribution >= 0.6 is 11.8 Å². The molecule has 2 aliphatic heterocycles. The standard InChI is InChI=1S/C17H11NO4S/c1-22-18-16(20)11-7-6-9-12(14(11)17(18)21)8-23-13-5-3-2-4-10(13)15(9)19/h2-7H,8H2,1H3. The molecule has 0 unspecified atom stereocenters. The largest absolute Gasteiger partial charge is 0.289 e. The predicted molar refractivity (Wildman–Crippen MR) is 83.4 cm³/mol. The molecular weight excluding hydrogens is 314 g/mol. The summed E-state index contributed by atoms with van der Waals surface area (Å²) in [6, 6.07) is 10.5. The summed E-state index contributed by atoms with van der Waals surface area (Å²) < 4.78 is 0. The van der Waals surface area contributed by atoms with Crippen molar-refractivity contribution in [3.63, 3.8) is 0 Å². The number of imide groups is 1. The molecule has 2 aromatic carbocycles. The number of amides is 2. The van der Waals surface area contributed by atoms with E-state index < -0.39 is 11.8 Å². The normalized spacial score (nSPS) is 16.0. The maximum absolute atomic E-state index is 12.8. The molecule has 0 N–H and O–H groups in total. The van der Waals surface area contributed by atoms with Gasteiger partial charge in [-0.05, 0) is 29.8 Å². The van der Waals surface area contributed by atoms with Gasteiger partial charge in [0.2, 0.25) is 0 Å². The molecule has 0 fully saturated rings. The molecule has 2 amide bonds. The van der Waals surface area contributed by atoms with E-state index in [0.29, 0.717) is 22.4 Å². The fourth-order valence-electron chi connectivity index (χ4n) is 2.98. The minimum Gasteiger partial charge on any atom is -0.289 e. The maximum atomic E-state index is 12.8. The molecule has 0 aliphatic carbocycles. The molecule has 4 rings (SSSR count). The van der Waals surface area contributed by atoms with Crippen LogP contribution in [0.5, 0.6) is 0 Å². The lowest BCUT2D eigenvalue weighted by molar-refractivity contribution is -0.0645. The maximum Gasteiger partial charge on any atom is 0.286 e. The number of hydrogen-bond donors (Lipinski definition) is 0. The third kappa shape index (κ3) is 1.89. The SMILES string of the molecule is CON1C(=O)c2ccc3c(c2C1=O)CSc1ccccc1C3=O. The number of nitrogens with zero attached hydrogens (tertiary/aromatic N) is 1. The Morgan fingerprint density at radius 2 is 1.70 bits per heavy atom. The van der Waals surface area contributed by atoms with Crippen molar-refractivity contribution in [1.82, 2.24) is 5.06 Å². The summed E-state index contributed by atoms with van der Waals surface area (Å²) in [4.78, 5) is 43.2. The molecule has 114 valence electrons. The minimum atomic E-state index is -0.510. The second kappa shape index (κ2) is 5.04. The second-order valence-corrected chi connectivity index (χ2v) is 6.23. The van der Waals surface area contributed by atoms with Gasteiger partial charge in [0.1, 0.15) is 0 Å². The van der Waals surface area contributed by atoms with Crippen LogP contribution in [0.15, 0.2) is 41.3 Å². The number of benzene rings is 2. The van der Waals surface area contributed by atoms with Gasteiger partial charge < -0.3 is 0 Å². The van der Waals surface area contributed by atoms with Crippen LogP contribution < -0.4 is 0 Å². The average Bonchev–Trinajstić information content (AvgIpc) is 2.73. The summed E-state index contributed by atoms with van der Waals surface area (Å²) in [6.45, 7) is 0. The van der Waals surface area contributed by atoms with E-state index >= 15 is 0 Å². The first-order chi connectivity index (χ1) is 11.1. The molecule has 0 aromatic heterocycles. The number of rotatable bonds is 1. The third-order valence-electron chi connectivity index (χ3n) is 4.06. The van der Waals surface area contributed by atoms with E-state index in [0.717, 1.165) is 9.96 Å². The zero-order chi connectivity index (χ0) is 16.1. The van der Waals surface area contributed by atoms with Crippen LogP contribution in [0.1, 0.15) is 42.2 Å². The van der Waals surface area contributed by atoms with E-state index in [-0.39, 0.29) is 16.9 Å². The van der Waals surface area contributed by atoms with Crippen LogP contribution in [0.4, 0.5) is 0 Å². The molecule has 5 nitrogen and oxygen atoms in total. The van der Waals surface area contributed by atoms with E-state index in [1.807, 2.05) is 18.2 Å². The van der Waals surface area contributed by atoms with E-state index in [9.17, 15) is 14.4 Å². The lowest BCUT2D eigenvalue weighted by Gasteiger charge is -2.09. The molecule has 2 heterocycles. The number of carbonyl (C=O) groups is 3. The third-order valence-corrected chi connectivity index (χ3v) is 5.16. The Bertz CT molecular complexity index is 890. The summed E-state index contributed by atoms with van der Waals surface area (Å²) in [5.41, 5.74) is 2.27. The van der Waals surface area contributed by atoms with Crippen LogP contribution in [-0.4, -0.2) is 29.8 Å². The van der Waals surface area contributed by atoms with Crippen molar-refractivity contribution in [2.45, 2.75) is 10.6 Å². The number of hydrogen-bond acceptors (Lipinski definition) is 5. The van der Waals surface area contributed by atoms with Crippen LogP contribution in [0.2, 0.25) is 0 Å². The summed E-state index contributed by atoms with van der Waals surface area (Å²) in [7, 11) is 1.27. The highest BCUT2D eigenvalue weighted by molar-refractivity contribution is 7.98. The molecular formula is C17H11NO4S. The van der Waals surface area contributed by atoms with E-state index in [1.165, 1.54) is 24.9 Å². The van der Waals surface area contributed by atoms with Crippen LogP contribution in [-0.2, 0) is 10.6 Å². The van der Waals surface area contributed by atoms with Crippen molar-refractivity contribution in [2.75, 3.05) is 7.11 Å². The fraction of sp³-hybridized carbons (Fsp3) is 0.118. The van der Waals surface area contributed by atoms with Gasteiger partial charge >= 0.3 is 0 Å². The van der Waals surface area contributed by atoms with Gasteiger partial charge in [-0.2, -0.15) is 0 Å². The first-order valence-electron chi connectivity index (χ1n) is 6.98. The first kappa shape index (κ1) is 14.2. The molecule has 6 heteroatoms. The highest BCUT2D eigenvalue weighted by atomic mass is 32.2. The van der Waals surface area contributed by atoms with Crippen molar-refractivity contribution in [1.29, 1.82) is 0 Å². The van der Waals surface area contributed by atoms with E-state index in [1.54, 1.807) is 12.1 Å². The van der Waals surface area contributed by atoms with Crippen LogP contribution in [0.3, 0.4) is 0 Å². The fourth-order valence-corrected chi connectivity index (χ4v) is 4.07. The van der Waals surface area contributed by atoms with Gasteiger partial charge in [0.25, 0.3) is 11.8 Å².